The van der Waals surface area contributed by atoms with Gasteiger partial charge in [0, 0.05) is 38.8 Å². The van der Waals surface area contributed by atoms with Crippen molar-refractivity contribution in [3.63, 3.8) is 0 Å². The fraction of sp³-hybridized carbons (Fsp3) is 0.545. The van der Waals surface area contributed by atoms with E-state index in [1.54, 1.807) is 31.4 Å². The van der Waals surface area contributed by atoms with Crippen LogP contribution in [0, 0.1) is 0 Å². The van der Waals surface area contributed by atoms with Gasteiger partial charge < -0.3 is 14.9 Å². The van der Waals surface area contributed by atoms with E-state index < -0.39 is 5.97 Å². The molecule has 7 heteroatoms. The number of aliphatic carboxylic acids is 1. The fourth-order valence-corrected chi connectivity index (χ4v) is 1.56. The van der Waals surface area contributed by atoms with Crippen molar-refractivity contribution in [1.29, 1.82) is 0 Å². The lowest BCUT2D eigenvalue weighted by molar-refractivity contribution is -0.137. The molecular formula is C11H18N4O3. The zero-order valence-corrected chi connectivity index (χ0v) is 10.6. The minimum absolute atomic E-state index is 0.0725. The maximum atomic E-state index is 11.9. The summed E-state index contributed by atoms with van der Waals surface area (Å²) in [5.41, 5.74) is 0.921. The molecule has 0 saturated heterocycles. The Labute approximate surface area is 105 Å². The van der Waals surface area contributed by atoms with E-state index in [1.807, 2.05) is 0 Å². The molecule has 1 heterocycles. The normalized spacial score (nSPS) is 10.1. The Bertz CT molecular complexity index is 391. The van der Waals surface area contributed by atoms with E-state index in [0.717, 1.165) is 5.56 Å². The highest BCUT2D eigenvalue weighted by atomic mass is 16.4. The molecule has 0 aromatic carbocycles. The Balaban J connectivity index is 2.35. The number of aromatic amines is 1. The van der Waals surface area contributed by atoms with E-state index in [4.69, 9.17) is 5.11 Å². The predicted molar refractivity (Wildman–Crippen MR) is 65.0 cm³/mol. The van der Waals surface area contributed by atoms with Gasteiger partial charge in [-0.1, -0.05) is 0 Å². The number of nitrogens with one attached hydrogen (secondary N) is 1. The molecule has 7 nitrogen and oxygen atoms in total. The first kappa shape index (κ1) is 14.0. The monoisotopic (exact) mass is 254 g/mol. The van der Waals surface area contributed by atoms with Gasteiger partial charge in [-0.3, -0.25) is 9.89 Å². The molecule has 1 rings (SSSR count). The summed E-state index contributed by atoms with van der Waals surface area (Å²) in [5.74, 6) is -0.845. The molecule has 100 valence electrons. The second-order valence-corrected chi connectivity index (χ2v) is 4.16. The van der Waals surface area contributed by atoms with E-state index >= 15 is 0 Å². The number of urea groups is 1. The van der Waals surface area contributed by atoms with Crippen molar-refractivity contribution >= 4 is 12.0 Å². The average Bonchev–Trinajstić information content (AvgIpc) is 2.80. The van der Waals surface area contributed by atoms with E-state index in [2.05, 4.69) is 10.2 Å². The molecule has 1 aromatic rings. The number of hydrogen-bond donors (Lipinski definition) is 2. The van der Waals surface area contributed by atoms with Crippen LogP contribution in [0.1, 0.15) is 18.4 Å². The van der Waals surface area contributed by atoms with Gasteiger partial charge in [0.1, 0.15) is 0 Å². The number of aromatic nitrogens is 2. The van der Waals surface area contributed by atoms with Crippen molar-refractivity contribution in [2.75, 3.05) is 20.6 Å². The van der Waals surface area contributed by atoms with E-state index in [-0.39, 0.29) is 12.5 Å². The summed E-state index contributed by atoms with van der Waals surface area (Å²) >= 11 is 0. The van der Waals surface area contributed by atoms with Gasteiger partial charge in [-0.25, -0.2) is 4.79 Å². The smallest absolute Gasteiger partial charge is 0.319 e. The van der Waals surface area contributed by atoms with Gasteiger partial charge in [0.05, 0.1) is 12.7 Å². The molecule has 0 spiro atoms. The lowest BCUT2D eigenvalue weighted by Crippen LogP contribution is -2.38. The first-order valence-electron chi connectivity index (χ1n) is 5.66. The minimum atomic E-state index is -0.845. The van der Waals surface area contributed by atoms with E-state index in [9.17, 15) is 9.59 Å². The summed E-state index contributed by atoms with van der Waals surface area (Å²) < 4.78 is 0. The predicted octanol–water partition coefficient (Wildman–Crippen LogP) is 0.758. The zero-order chi connectivity index (χ0) is 13.5. The number of hydrogen-bond acceptors (Lipinski definition) is 3. The molecule has 0 aliphatic heterocycles. The molecule has 2 amide bonds. The van der Waals surface area contributed by atoms with Crippen molar-refractivity contribution < 1.29 is 14.7 Å². The molecule has 0 saturated carbocycles. The maximum absolute atomic E-state index is 11.9. The van der Waals surface area contributed by atoms with Crippen LogP contribution in [0.5, 0.6) is 0 Å². The molecule has 0 unspecified atom stereocenters. The Morgan fingerprint density at radius 1 is 1.39 bits per heavy atom. The summed E-state index contributed by atoms with van der Waals surface area (Å²) in [5, 5.41) is 15.0. The molecule has 18 heavy (non-hydrogen) atoms. The van der Waals surface area contributed by atoms with Crippen LogP contribution in [0.3, 0.4) is 0 Å². The van der Waals surface area contributed by atoms with Crippen molar-refractivity contribution in [1.82, 2.24) is 20.0 Å². The second kappa shape index (κ2) is 6.63. The van der Waals surface area contributed by atoms with Crippen molar-refractivity contribution in [2.24, 2.45) is 0 Å². The summed E-state index contributed by atoms with van der Waals surface area (Å²) in [6.07, 6.45) is 3.92. The Kier molecular flexibility index (Phi) is 5.16. The van der Waals surface area contributed by atoms with Crippen LogP contribution in [-0.2, 0) is 11.3 Å². The number of H-pyrrole nitrogens is 1. The minimum Gasteiger partial charge on any atom is -0.481 e. The van der Waals surface area contributed by atoms with Crippen molar-refractivity contribution in [3.05, 3.63) is 18.0 Å². The van der Waals surface area contributed by atoms with E-state index in [1.165, 1.54) is 4.90 Å². The Morgan fingerprint density at radius 2 is 2.11 bits per heavy atom. The third-order valence-corrected chi connectivity index (χ3v) is 2.51. The fourth-order valence-electron chi connectivity index (χ4n) is 1.56. The summed E-state index contributed by atoms with van der Waals surface area (Å²) in [7, 11) is 3.36. The number of carbonyl (C=O) groups excluding carboxylic acids is 1. The quantitative estimate of drug-likeness (QED) is 0.784. The number of carboxylic acids is 1. The largest absolute Gasteiger partial charge is 0.481 e. The van der Waals surface area contributed by atoms with Gasteiger partial charge in [-0.05, 0) is 6.42 Å². The molecule has 0 fully saturated rings. The molecule has 0 bridgehead atoms. The first-order valence-corrected chi connectivity index (χ1v) is 5.66. The van der Waals surface area contributed by atoms with Gasteiger partial charge in [-0.2, -0.15) is 5.10 Å². The first-order chi connectivity index (χ1) is 8.50. The van der Waals surface area contributed by atoms with Crippen LogP contribution in [-0.4, -0.2) is 57.7 Å². The van der Waals surface area contributed by atoms with Gasteiger partial charge in [0.15, 0.2) is 0 Å². The van der Waals surface area contributed by atoms with Gasteiger partial charge in [0.25, 0.3) is 0 Å². The molecule has 1 aromatic heterocycles. The molecule has 0 atom stereocenters. The summed E-state index contributed by atoms with van der Waals surface area (Å²) in [6.45, 7) is 0.902. The number of carbonyl (C=O) groups is 2. The molecule has 0 aliphatic carbocycles. The van der Waals surface area contributed by atoms with E-state index in [0.29, 0.717) is 19.5 Å². The SMILES string of the molecule is CN(CCCC(=O)O)C(=O)N(C)Cc1cn[nH]c1. The standard InChI is InChI=1S/C11H18N4O3/c1-14(5-3-4-10(16)17)11(18)15(2)8-9-6-12-13-7-9/h6-7H,3-5,8H2,1-2H3,(H,12,13)(H,16,17). The van der Waals surface area contributed by atoms with Crippen LogP contribution < -0.4 is 0 Å². The van der Waals surface area contributed by atoms with Crippen LogP contribution in [0.15, 0.2) is 12.4 Å². The molecule has 2 N–H and O–H groups in total. The van der Waals surface area contributed by atoms with Crippen LogP contribution >= 0.6 is 0 Å². The lowest BCUT2D eigenvalue weighted by Gasteiger charge is -2.24. The zero-order valence-electron chi connectivity index (χ0n) is 10.6. The van der Waals surface area contributed by atoms with Gasteiger partial charge >= 0.3 is 12.0 Å². The average molecular weight is 254 g/mol. The number of nitrogens with zero attached hydrogens (tertiary/aromatic N) is 3. The van der Waals surface area contributed by atoms with Crippen LogP contribution in [0.2, 0.25) is 0 Å². The number of rotatable bonds is 6. The molecule has 0 radical (unpaired) electrons. The highest BCUT2D eigenvalue weighted by Crippen LogP contribution is 2.03. The number of carboxylic acid groups (broad SMARTS) is 1. The van der Waals surface area contributed by atoms with Crippen LogP contribution in [0.4, 0.5) is 4.79 Å². The van der Waals surface area contributed by atoms with Crippen LogP contribution in [0.25, 0.3) is 0 Å². The second-order valence-electron chi connectivity index (χ2n) is 4.16. The third kappa shape index (κ3) is 4.44. The topological polar surface area (TPSA) is 89.5 Å². The third-order valence-electron chi connectivity index (χ3n) is 2.51. The summed E-state index contributed by atoms with van der Waals surface area (Å²) in [4.78, 5) is 25.4. The van der Waals surface area contributed by atoms with Gasteiger partial charge in [0.2, 0.25) is 0 Å². The Hall–Kier alpha value is -2.05. The van der Waals surface area contributed by atoms with Crippen molar-refractivity contribution in [2.45, 2.75) is 19.4 Å². The number of amides is 2. The molecular weight excluding hydrogens is 236 g/mol. The van der Waals surface area contributed by atoms with Gasteiger partial charge in [-0.15, -0.1) is 0 Å². The maximum Gasteiger partial charge on any atom is 0.319 e. The highest BCUT2D eigenvalue weighted by molar-refractivity contribution is 5.74. The highest BCUT2D eigenvalue weighted by Gasteiger charge is 2.14. The molecule has 0 aliphatic rings. The summed E-state index contributed by atoms with van der Waals surface area (Å²) in [6, 6.07) is -0.137. The lowest BCUT2D eigenvalue weighted by atomic mass is 10.3. The van der Waals surface area contributed by atoms with Crippen molar-refractivity contribution in [3.8, 4) is 0 Å². The Morgan fingerprint density at radius 3 is 2.67 bits per heavy atom.